The van der Waals surface area contributed by atoms with Crippen molar-refractivity contribution >= 4 is 29.1 Å². The van der Waals surface area contributed by atoms with E-state index in [0.29, 0.717) is 34.5 Å². The molecule has 1 fully saturated rings. The van der Waals surface area contributed by atoms with Crippen LogP contribution in [0.3, 0.4) is 0 Å². The van der Waals surface area contributed by atoms with E-state index in [1.807, 2.05) is 0 Å². The number of aromatic nitrogens is 2. The third kappa shape index (κ3) is 4.09. The first kappa shape index (κ1) is 18.9. The largest absolute Gasteiger partial charge is 0.336 e. The molecule has 138 valence electrons. The molecule has 1 aliphatic rings. The lowest BCUT2D eigenvalue weighted by Crippen LogP contribution is -2.49. The molecule has 6 nitrogen and oxygen atoms in total. The lowest BCUT2D eigenvalue weighted by Gasteiger charge is -2.33. The smallest absolute Gasteiger partial charge is 0.263 e. The highest BCUT2D eigenvalue weighted by atomic mass is 35.5. The molecule has 26 heavy (non-hydrogen) atoms. The predicted molar refractivity (Wildman–Crippen MR) is 102 cm³/mol. The SMILES string of the molecule is CCN1CCN(C(=O)c2cnc(Cc3c(Cl)cccc3Cl)[nH]c2=O)CC1. The van der Waals surface area contributed by atoms with E-state index in [1.54, 1.807) is 23.1 Å². The lowest BCUT2D eigenvalue weighted by molar-refractivity contribution is 0.0641. The van der Waals surface area contributed by atoms with E-state index < -0.39 is 5.56 Å². The third-order valence-electron chi connectivity index (χ3n) is 4.59. The fourth-order valence-electron chi connectivity index (χ4n) is 2.98. The van der Waals surface area contributed by atoms with Crippen molar-refractivity contribution in [2.45, 2.75) is 13.3 Å². The molecule has 2 heterocycles. The van der Waals surface area contributed by atoms with Gasteiger partial charge in [-0.1, -0.05) is 36.2 Å². The number of carbonyl (C=O) groups excluding carboxylic acids is 1. The number of amides is 1. The first-order valence-electron chi connectivity index (χ1n) is 8.52. The molecule has 0 unspecified atom stereocenters. The first-order valence-corrected chi connectivity index (χ1v) is 9.28. The number of benzene rings is 1. The monoisotopic (exact) mass is 394 g/mol. The summed E-state index contributed by atoms with van der Waals surface area (Å²) in [5.41, 5.74) is 0.304. The third-order valence-corrected chi connectivity index (χ3v) is 5.30. The number of nitrogens with zero attached hydrogens (tertiary/aromatic N) is 3. The van der Waals surface area contributed by atoms with Crippen molar-refractivity contribution in [2.75, 3.05) is 32.7 Å². The second-order valence-corrected chi connectivity index (χ2v) is 6.99. The van der Waals surface area contributed by atoms with Gasteiger partial charge in [-0.3, -0.25) is 9.59 Å². The molecule has 1 N–H and O–H groups in total. The number of rotatable bonds is 4. The molecule has 0 aliphatic carbocycles. The number of likely N-dealkylation sites (N-methyl/N-ethyl adjacent to an activating group) is 1. The van der Waals surface area contributed by atoms with Gasteiger partial charge in [0.05, 0.1) is 0 Å². The van der Waals surface area contributed by atoms with Crippen molar-refractivity contribution in [2.24, 2.45) is 0 Å². The van der Waals surface area contributed by atoms with Crippen molar-refractivity contribution in [1.29, 1.82) is 0 Å². The van der Waals surface area contributed by atoms with E-state index in [0.717, 1.165) is 19.6 Å². The molecule has 0 atom stereocenters. The Morgan fingerprint density at radius 3 is 2.42 bits per heavy atom. The second kappa shape index (κ2) is 8.20. The summed E-state index contributed by atoms with van der Waals surface area (Å²) in [5.74, 6) is 0.134. The number of carbonyl (C=O) groups is 1. The zero-order valence-corrected chi connectivity index (χ0v) is 16.0. The van der Waals surface area contributed by atoms with Gasteiger partial charge in [0.1, 0.15) is 11.4 Å². The van der Waals surface area contributed by atoms with Gasteiger partial charge >= 0.3 is 0 Å². The van der Waals surface area contributed by atoms with E-state index in [4.69, 9.17) is 23.2 Å². The van der Waals surface area contributed by atoms with E-state index in [-0.39, 0.29) is 17.9 Å². The fourth-order valence-corrected chi connectivity index (χ4v) is 3.51. The number of nitrogens with one attached hydrogen (secondary N) is 1. The molecule has 0 bridgehead atoms. The zero-order chi connectivity index (χ0) is 18.7. The number of piperazine rings is 1. The number of halogens is 2. The van der Waals surface area contributed by atoms with Gasteiger partial charge in [0.25, 0.3) is 11.5 Å². The standard InChI is InChI=1S/C18H20Cl2N4O2/c1-2-23-6-8-24(9-7-23)18(26)13-11-21-16(22-17(13)25)10-12-14(19)4-3-5-15(12)20/h3-5,11H,2,6-10H2,1H3,(H,21,22,25). The Kier molecular flexibility index (Phi) is 5.96. The van der Waals surface area contributed by atoms with Crippen LogP contribution in [0.4, 0.5) is 0 Å². The van der Waals surface area contributed by atoms with Crippen LogP contribution in [0.25, 0.3) is 0 Å². The summed E-state index contributed by atoms with van der Waals surface area (Å²) in [6, 6.07) is 5.22. The second-order valence-electron chi connectivity index (χ2n) is 6.18. The van der Waals surface area contributed by atoms with Crippen LogP contribution >= 0.6 is 23.2 Å². The maximum Gasteiger partial charge on any atom is 0.263 e. The number of hydrogen-bond acceptors (Lipinski definition) is 4. The Hall–Kier alpha value is -1.89. The van der Waals surface area contributed by atoms with E-state index in [9.17, 15) is 9.59 Å². The van der Waals surface area contributed by atoms with Gasteiger partial charge in [0.2, 0.25) is 0 Å². The summed E-state index contributed by atoms with van der Waals surface area (Å²) in [6.45, 7) is 5.92. The topological polar surface area (TPSA) is 69.3 Å². The molecule has 1 aliphatic heterocycles. The van der Waals surface area contributed by atoms with Gasteiger partial charge in [-0.15, -0.1) is 0 Å². The van der Waals surface area contributed by atoms with Crippen LogP contribution in [0.1, 0.15) is 28.7 Å². The van der Waals surface area contributed by atoms with Crippen LogP contribution in [0, 0.1) is 0 Å². The molecular weight excluding hydrogens is 375 g/mol. The van der Waals surface area contributed by atoms with Crippen LogP contribution in [0.5, 0.6) is 0 Å². The average molecular weight is 395 g/mol. The molecule has 8 heteroatoms. The van der Waals surface area contributed by atoms with Crippen molar-refractivity contribution in [3.63, 3.8) is 0 Å². The summed E-state index contributed by atoms with van der Waals surface area (Å²) in [7, 11) is 0. The lowest BCUT2D eigenvalue weighted by atomic mass is 10.1. The zero-order valence-electron chi connectivity index (χ0n) is 14.5. The van der Waals surface area contributed by atoms with Crippen LogP contribution in [0.15, 0.2) is 29.2 Å². The predicted octanol–water partition coefficient (Wildman–Crippen LogP) is 2.45. The quantitative estimate of drug-likeness (QED) is 0.864. The Morgan fingerprint density at radius 1 is 1.19 bits per heavy atom. The highest BCUT2D eigenvalue weighted by Gasteiger charge is 2.23. The number of aromatic amines is 1. The normalized spacial score (nSPS) is 15.3. The Labute approximate surface area is 161 Å². The van der Waals surface area contributed by atoms with Gasteiger partial charge in [-0.2, -0.15) is 0 Å². The summed E-state index contributed by atoms with van der Waals surface area (Å²) < 4.78 is 0. The van der Waals surface area contributed by atoms with Crippen LogP contribution < -0.4 is 5.56 Å². The molecule has 2 aromatic rings. The summed E-state index contributed by atoms with van der Waals surface area (Å²) >= 11 is 12.3. The van der Waals surface area contributed by atoms with Crippen molar-refractivity contribution in [3.8, 4) is 0 Å². The summed E-state index contributed by atoms with van der Waals surface area (Å²) in [6.07, 6.45) is 1.63. The van der Waals surface area contributed by atoms with Crippen molar-refractivity contribution in [1.82, 2.24) is 19.8 Å². The summed E-state index contributed by atoms with van der Waals surface area (Å²) in [5, 5.41) is 1.02. The Bertz CT molecular complexity index is 840. The molecule has 1 amide bonds. The van der Waals surface area contributed by atoms with E-state index in [1.165, 1.54) is 6.20 Å². The van der Waals surface area contributed by atoms with Crippen LogP contribution in [-0.4, -0.2) is 58.4 Å². The molecule has 1 aromatic carbocycles. The molecule has 1 saturated heterocycles. The molecule has 0 saturated carbocycles. The van der Waals surface area contributed by atoms with Gasteiger partial charge in [0.15, 0.2) is 0 Å². The van der Waals surface area contributed by atoms with Crippen LogP contribution in [0.2, 0.25) is 10.0 Å². The van der Waals surface area contributed by atoms with Gasteiger partial charge in [-0.25, -0.2) is 4.98 Å². The minimum atomic E-state index is -0.443. The van der Waals surface area contributed by atoms with Gasteiger partial charge in [0, 0.05) is 48.8 Å². The number of H-pyrrole nitrogens is 1. The van der Waals surface area contributed by atoms with E-state index in [2.05, 4.69) is 21.8 Å². The maximum absolute atomic E-state index is 12.6. The molecular formula is C18H20Cl2N4O2. The number of hydrogen-bond donors (Lipinski definition) is 1. The Balaban J connectivity index is 1.76. The summed E-state index contributed by atoms with van der Waals surface area (Å²) in [4.78, 5) is 35.9. The molecule has 3 rings (SSSR count). The molecule has 0 radical (unpaired) electrons. The minimum absolute atomic E-state index is 0.0592. The highest BCUT2D eigenvalue weighted by molar-refractivity contribution is 6.36. The maximum atomic E-state index is 12.6. The van der Waals surface area contributed by atoms with Gasteiger partial charge < -0.3 is 14.8 Å². The highest BCUT2D eigenvalue weighted by Crippen LogP contribution is 2.25. The van der Waals surface area contributed by atoms with E-state index >= 15 is 0 Å². The van der Waals surface area contributed by atoms with Crippen molar-refractivity contribution < 1.29 is 4.79 Å². The molecule has 1 aromatic heterocycles. The van der Waals surface area contributed by atoms with Gasteiger partial charge in [-0.05, 0) is 24.2 Å². The minimum Gasteiger partial charge on any atom is -0.336 e. The molecule has 0 spiro atoms. The van der Waals surface area contributed by atoms with Crippen molar-refractivity contribution in [3.05, 3.63) is 61.7 Å². The average Bonchev–Trinajstić information content (AvgIpc) is 2.64. The first-order chi connectivity index (χ1) is 12.5. The Morgan fingerprint density at radius 2 is 1.85 bits per heavy atom. The fraction of sp³-hybridized carbons (Fsp3) is 0.389. The van der Waals surface area contributed by atoms with Crippen LogP contribution in [-0.2, 0) is 6.42 Å².